The molecular weight excluding hydrogens is 244 g/mol. The van der Waals surface area contributed by atoms with Crippen molar-refractivity contribution in [1.29, 1.82) is 0 Å². The first-order valence-electron chi connectivity index (χ1n) is 5.04. The van der Waals surface area contributed by atoms with Crippen LogP contribution in [0.1, 0.15) is 43.6 Å². The van der Waals surface area contributed by atoms with E-state index in [0.717, 1.165) is 5.92 Å². The maximum absolute atomic E-state index is 3.83. The van der Waals surface area contributed by atoms with Crippen molar-refractivity contribution >= 4 is 27.3 Å². The van der Waals surface area contributed by atoms with E-state index in [1.54, 1.807) is 5.56 Å². The SMILES string of the molecule is BrC1CCCCCC1c1ccsc1. The fraction of sp³-hybridized carbons (Fsp3) is 0.636. The average molecular weight is 259 g/mol. The largest absolute Gasteiger partial charge is 0.152 e. The van der Waals surface area contributed by atoms with Gasteiger partial charge in [-0.3, -0.25) is 0 Å². The van der Waals surface area contributed by atoms with Gasteiger partial charge in [0.1, 0.15) is 0 Å². The zero-order chi connectivity index (χ0) is 9.10. The molecule has 1 aliphatic carbocycles. The average Bonchev–Trinajstić information content (AvgIpc) is 2.56. The highest BCUT2D eigenvalue weighted by molar-refractivity contribution is 9.09. The van der Waals surface area contributed by atoms with Gasteiger partial charge >= 0.3 is 0 Å². The predicted molar refractivity (Wildman–Crippen MR) is 62.9 cm³/mol. The molecule has 0 aromatic carbocycles. The molecule has 0 spiro atoms. The lowest BCUT2D eigenvalue weighted by Gasteiger charge is -2.18. The van der Waals surface area contributed by atoms with Crippen LogP contribution in [0.5, 0.6) is 0 Å². The molecule has 0 bridgehead atoms. The highest BCUT2D eigenvalue weighted by atomic mass is 79.9. The molecule has 2 unspecified atom stereocenters. The molecule has 1 aliphatic rings. The second-order valence-corrected chi connectivity index (χ2v) is 5.77. The fourth-order valence-electron chi connectivity index (χ4n) is 2.12. The van der Waals surface area contributed by atoms with E-state index in [9.17, 15) is 0 Å². The summed E-state index contributed by atoms with van der Waals surface area (Å²) in [6, 6.07) is 2.29. The second kappa shape index (κ2) is 4.61. The first kappa shape index (κ1) is 9.72. The second-order valence-electron chi connectivity index (χ2n) is 3.82. The molecule has 1 heterocycles. The summed E-state index contributed by atoms with van der Waals surface area (Å²) in [5.74, 6) is 0.772. The first-order chi connectivity index (χ1) is 6.38. The van der Waals surface area contributed by atoms with E-state index in [1.165, 1.54) is 32.1 Å². The normalized spacial score (nSPS) is 29.9. The summed E-state index contributed by atoms with van der Waals surface area (Å²) in [5.41, 5.74) is 1.55. The third-order valence-electron chi connectivity index (χ3n) is 2.90. The number of hydrogen-bond donors (Lipinski definition) is 0. The van der Waals surface area contributed by atoms with E-state index >= 15 is 0 Å². The molecular formula is C11H15BrS. The smallest absolute Gasteiger partial charge is 0.0214 e. The lowest BCUT2D eigenvalue weighted by molar-refractivity contribution is 0.614. The van der Waals surface area contributed by atoms with E-state index in [0.29, 0.717) is 4.83 Å². The van der Waals surface area contributed by atoms with Crippen LogP contribution in [0, 0.1) is 0 Å². The monoisotopic (exact) mass is 258 g/mol. The molecule has 0 amide bonds. The van der Waals surface area contributed by atoms with Gasteiger partial charge in [0.2, 0.25) is 0 Å². The van der Waals surface area contributed by atoms with E-state index in [4.69, 9.17) is 0 Å². The molecule has 1 aromatic rings. The Labute approximate surface area is 92.5 Å². The molecule has 1 aromatic heterocycles. The summed E-state index contributed by atoms with van der Waals surface area (Å²) >= 11 is 5.65. The molecule has 13 heavy (non-hydrogen) atoms. The summed E-state index contributed by atoms with van der Waals surface area (Å²) in [6.07, 6.45) is 6.94. The summed E-state index contributed by atoms with van der Waals surface area (Å²) in [4.78, 5) is 0.713. The predicted octanol–water partition coefficient (Wildman–Crippen LogP) is 4.56. The Morgan fingerprint density at radius 1 is 1.23 bits per heavy atom. The van der Waals surface area contributed by atoms with E-state index < -0.39 is 0 Å². The van der Waals surface area contributed by atoms with Crippen LogP contribution in [-0.4, -0.2) is 4.83 Å². The quantitative estimate of drug-likeness (QED) is 0.512. The summed E-state index contributed by atoms with van der Waals surface area (Å²) in [6.45, 7) is 0. The van der Waals surface area contributed by atoms with Gasteiger partial charge < -0.3 is 0 Å². The van der Waals surface area contributed by atoms with Crippen LogP contribution in [0.3, 0.4) is 0 Å². The third-order valence-corrected chi connectivity index (χ3v) is 4.70. The number of thiophene rings is 1. The fourth-order valence-corrected chi connectivity index (χ4v) is 3.74. The number of alkyl halides is 1. The van der Waals surface area contributed by atoms with Gasteiger partial charge in [-0.15, -0.1) is 0 Å². The highest BCUT2D eigenvalue weighted by Crippen LogP contribution is 2.36. The molecule has 2 atom stereocenters. The molecule has 0 radical (unpaired) electrons. The Balaban J connectivity index is 2.11. The zero-order valence-corrected chi connectivity index (χ0v) is 10.1. The third kappa shape index (κ3) is 2.35. The van der Waals surface area contributed by atoms with Gasteiger partial charge in [0.05, 0.1) is 0 Å². The van der Waals surface area contributed by atoms with Gasteiger partial charge in [-0.2, -0.15) is 11.3 Å². The molecule has 0 saturated heterocycles. The Bertz CT molecular complexity index is 243. The van der Waals surface area contributed by atoms with Gasteiger partial charge in [0.15, 0.2) is 0 Å². The van der Waals surface area contributed by atoms with Crippen molar-refractivity contribution in [1.82, 2.24) is 0 Å². The van der Waals surface area contributed by atoms with Crippen molar-refractivity contribution in [2.24, 2.45) is 0 Å². The van der Waals surface area contributed by atoms with E-state index in [-0.39, 0.29) is 0 Å². The minimum atomic E-state index is 0.713. The lowest BCUT2D eigenvalue weighted by Crippen LogP contribution is -2.09. The molecule has 0 aliphatic heterocycles. The van der Waals surface area contributed by atoms with Crippen LogP contribution in [0.2, 0.25) is 0 Å². The van der Waals surface area contributed by atoms with Gasteiger partial charge in [-0.25, -0.2) is 0 Å². The van der Waals surface area contributed by atoms with Crippen LogP contribution in [0.15, 0.2) is 16.8 Å². The molecule has 1 saturated carbocycles. The Morgan fingerprint density at radius 2 is 2.08 bits per heavy atom. The van der Waals surface area contributed by atoms with Crippen molar-refractivity contribution in [3.05, 3.63) is 22.4 Å². The van der Waals surface area contributed by atoms with Crippen molar-refractivity contribution in [3.63, 3.8) is 0 Å². The van der Waals surface area contributed by atoms with Crippen LogP contribution >= 0.6 is 27.3 Å². The molecule has 0 N–H and O–H groups in total. The molecule has 72 valence electrons. The van der Waals surface area contributed by atoms with Crippen LogP contribution in [0.4, 0.5) is 0 Å². The minimum absolute atomic E-state index is 0.713. The number of halogens is 1. The van der Waals surface area contributed by atoms with Gasteiger partial charge in [0.25, 0.3) is 0 Å². The van der Waals surface area contributed by atoms with Crippen molar-refractivity contribution < 1.29 is 0 Å². The van der Waals surface area contributed by atoms with Crippen LogP contribution < -0.4 is 0 Å². The van der Waals surface area contributed by atoms with Crippen LogP contribution in [0.25, 0.3) is 0 Å². The van der Waals surface area contributed by atoms with Crippen molar-refractivity contribution in [3.8, 4) is 0 Å². The summed E-state index contributed by atoms with van der Waals surface area (Å²) in [7, 11) is 0. The van der Waals surface area contributed by atoms with Gasteiger partial charge in [-0.1, -0.05) is 35.2 Å². The highest BCUT2D eigenvalue weighted by Gasteiger charge is 2.22. The van der Waals surface area contributed by atoms with Crippen LogP contribution in [-0.2, 0) is 0 Å². The van der Waals surface area contributed by atoms with E-state index in [1.807, 2.05) is 11.3 Å². The molecule has 0 nitrogen and oxygen atoms in total. The Morgan fingerprint density at radius 3 is 2.85 bits per heavy atom. The summed E-state index contributed by atoms with van der Waals surface area (Å²) in [5, 5.41) is 4.50. The van der Waals surface area contributed by atoms with E-state index in [2.05, 4.69) is 32.8 Å². The van der Waals surface area contributed by atoms with Crippen molar-refractivity contribution in [2.75, 3.05) is 0 Å². The molecule has 1 fully saturated rings. The maximum Gasteiger partial charge on any atom is 0.0214 e. The van der Waals surface area contributed by atoms with Crippen molar-refractivity contribution in [2.45, 2.75) is 42.8 Å². The zero-order valence-electron chi connectivity index (χ0n) is 7.71. The van der Waals surface area contributed by atoms with Gasteiger partial charge in [-0.05, 0) is 41.1 Å². The molecule has 2 rings (SSSR count). The minimum Gasteiger partial charge on any atom is -0.152 e. The Kier molecular flexibility index (Phi) is 3.45. The molecule has 2 heteroatoms. The number of rotatable bonds is 1. The Hall–Kier alpha value is 0.180. The summed E-state index contributed by atoms with van der Waals surface area (Å²) < 4.78 is 0. The standard InChI is InChI=1S/C11H15BrS/c12-11-5-3-1-2-4-10(11)9-6-7-13-8-9/h6-8,10-11H,1-5H2. The maximum atomic E-state index is 3.83. The van der Waals surface area contributed by atoms with Gasteiger partial charge in [0, 0.05) is 4.83 Å². The number of hydrogen-bond acceptors (Lipinski definition) is 1. The topological polar surface area (TPSA) is 0 Å². The lowest BCUT2D eigenvalue weighted by atomic mass is 9.94. The first-order valence-corrected chi connectivity index (χ1v) is 6.90.